The van der Waals surface area contributed by atoms with Crippen LogP contribution in [0.1, 0.15) is 37.8 Å². The second kappa shape index (κ2) is 7.90. The fraction of sp³-hybridized carbons (Fsp3) is 0.500. The number of benzene rings is 1. The van der Waals surface area contributed by atoms with E-state index in [0.29, 0.717) is 5.84 Å². The van der Waals surface area contributed by atoms with Crippen molar-refractivity contribution < 1.29 is 23.9 Å². The summed E-state index contributed by atoms with van der Waals surface area (Å²) >= 11 is 0. The first-order valence-corrected chi connectivity index (χ1v) is 8.72. The van der Waals surface area contributed by atoms with Gasteiger partial charge in [0.25, 0.3) is 0 Å². The number of esters is 2. The third kappa shape index (κ3) is 4.53. The Kier molecular flexibility index (Phi) is 6.03. The fourth-order valence-electron chi connectivity index (χ4n) is 3.19. The average molecular weight is 374 g/mol. The van der Waals surface area contributed by atoms with Crippen LogP contribution < -0.4 is 5.32 Å². The molecule has 1 aromatic rings. The van der Waals surface area contributed by atoms with Crippen LogP contribution in [0.15, 0.2) is 29.3 Å². The van der Waals surface area contributed by atoms with E-state index in [0.717, 1.165) is 11.1 Å². The lowest BCUT2D eigenvalue weighted by atomic mass is 9.78. The molecule has 1 heterocycles. The van der Waals surface area contributed by atoms with Gasteiger partial charge >= 0.3 is 11.9 Å². The summed E-state index contributed by atoms with van der Waals surface area (Å²) in [5, 5.41) is 2.76. The molecule has 1 amide bonds. The normalized spacial score (nSPS) is 21.3. The topological polar surface area (TPSA) is 94.1 Å². The van der Waals surface area contributed by atoms with Crippen molar-refractivity contribution >= 4 is 23.7 Å². The predicted molar refractivity (Wildman–Crippen MR) is 100 cm³/mol. The standard InChI is InChI=1S/C20H26N2O5/c1-11-7-9-12(10-8-11)13-14(15(18(24)26-5)19(25)27-6)17(23)21-16(13)22-20(2,3)4/h7-10,13-15H,1-6H3,(H,21,22,23). The van der Waals surface area contributed by atoms with Crippen LogP contribution in [0.2, 0.25) is 0 Å². The van der Waals surface area contributed by atoms with E-state index in [1.54, 1.807) is 0 Å². The smallest absolute Gasteiger partial charge is 0.320 e. The van der Waals surface area contributed by atoms with Crippen LogP contribution in [0.4, 0.5) is 0 Å². The van der Waals surface area contributed by atoms with Gasteiger partial charge in [-0.15, -0.1) is 0 Å². The summed E-state index contributed by atoms with van der Waals surface area (Å²) in [5.74, 6) is -4.61. The van der Waals surface area contributed by atoms with Gasteiger partial charge in [0.1, 0.15) is 5.84 Å². The van der Waals surface area contributed by atoms with E-state index < -0.39 is 41.1 Å². The lowest BCUT2D eigenvalue weighted by molar-refractivity contribution is -0.163. The summed E-state index contributed by atoms with van der Waals surface area (Å²) in [6.07, 6.45) is 0. The van der Waals surface area contributed by atoms with E-state index in [1.807, 2.05) is 52.0 Å². The van der Waals surface area contributed by atoms with Crippen LogP contribution in [-0.4, -0.2) is 43.4 Å². The molecular weight excluding hydrogens is 348 g/mol. The Labute approximate surface area is 159 Å². The Morgan fingerprint density at radius 3 is 2.04 bits per heavy atom. The van der Waals surface area contributed by atoms with E-state index in [1.165, 1.54) is 14.2 Å². The highest BCUT2D eigenvalue weighted by Gasteiger charge is 2.52. The molecule has 2 unspecified atom stereocenters. The van der Waals surface area contributed by atoms with Gasteiger partial charge in [-0.3, -0.25) is 19.4 Å². The third-order valence-electron chi connectivity index (χ3n) is 4.37. The molecule has 146 valence electrons. The Hall–Kier alpha value is -2.70. The zero-order valence-electron chi connectivity index (χ0n) is 16.5. The molecule has 27 heavy (non-hydrogen) atoms. The largest absolute Gasteiger partial charge is 0.468 e. The fourth-order valence-corrected chi connectivity index (χ4v) is 3.19. The SMILES string of the molecule is COC(=O)C(C(=O)OC)C1C(=O)NC(=NC(C)(C)C)C1c1ccc(C)cc1. The first-order chi connectivity index (χ1) is 12.6. The number of carbonyl (C=O) groups excluding carboxylic acids is 3. The van der Waals surface area contributed by atoms with Crippen molar-refractivity contribution in [2.24, 2.45) is 16.8 Å². The van der Waals surface area contributed by atoms with Crippen LogP contribution >= 0.6 is 0 Å². The quantitative estimate of drug-likeness (QED) is 0.642. The van der Waals surface area contributed by atoms with E-state index in [4.69, 9.17) is 9.47 Å². The number of rotatable bonds is 4. The van der Waals surface area contributed by atoms with E-state index in [-0.39, 0.29) is 0 Å². The van der Waals surface area contributed by atoms with Gasteiger partial charge in [0, 0.05) is 0 Å². The zero-order valence-corrected chi connectivity index (χ0v) is 16.5. The molecule has 0 aliphatic carbocycles. The molecule has 1 fully saturated rings. The molecule has 0 bridgehead atoms. The molecule has 7 heteroatoms. The molecule has 2 rings (SSSR count). The maximum Gasteiger partial charge on any atom is 0.320 e. The molecule has 0 spiro atoms. The lowest BCUT2D eigenvalue weighted by Gasteiger charge is -2.24. The van der Waals surface area contributed by atoms with E-state index in [9.17, 15) is 14.4 Å². The van der Waals surface area contributed by atoms with E-state index >= 15 is 0 Å². The average Bonchev–Trinajstić information content (AvgIpc) is 2.89. The van der Waals surface area contributed by atoms with Gasteiger partial charge in [-0.2, -0.15) is 0 Å². The van der Waals surface area contributed by atoms with Crippen LogP contribution in [0.5, 0.6) is 0 Å². The molecule has 1 N–H and O–H groups in total. The number of aryl methyl sites for hydroxylation is 1. The minimum absolute atomic E-state index is 0.430. The highest BCUT2D eigenvalue weighted by Crippen LogP contribution is 2.38. The number of aliphatic imine (C=N–C) groups is 1. The van der Waals surface area contributed by atoms with Crippen LogP contribution in [-0.2, 0) is 23.9 Å². The summed E-state index contributed by atoms with van der Waals surface area (Å²) in [6, 6.07) is 7.57. The maximum atomic E-state index is 12.8. The molecule has 7 nitrogen and oxygen atoms in total. The zero-order chi connectivity index (χ0) is 20.4. The van der Waals surface area contributed by atoms with Gasteiger partial charge in [-0.25, -0.2) is 0 Å². The summed E-state index contributed by atoms with van der Waals surface area (Å²) in [5.41, 5.74) is 1.39. The summed E-state index contributed by atoms with van der Waals surface area (Å²) < 4.78 is 9.55. The van der Waals surface area contributed by atoms with E-state index in [2.05, 4.69) is 10.3 Å². The van der Waals surface area contributed by atoms with Gasteiger partial charge in [0.15, 0.2) is 5.92 Å². The van der Waals surface area contributed by atoms with Crippen molar-refractivity contribution in [3.05, 3.63) is 35.4 Å². The first kappa shape index (κ1) is 20.6. The number of carbonyl (C=O) groups is 3. The van der Waals surface area contributed by atoms with Crippen molar-refractivity contribution in [3.8, 4) is 0 Å². The number of methoxy groups -OCH3 is 2. The second-order valence-electron chi connectivity index (χ2n) is 7.60. The highest BCUT2D eigenvalue weighted by molar-refractivity contribution is 6.14. The summed E-state index contributed by atoms with van der Waals surface area (Å²) in [4.78, 5) is 42.1. The molecule has 2 atom stereocenters. The maximum absolute atomic E-state index is 12.8. The van der Waals surface area contributed by atoms with Crippen LogP contribution in [0.3, 0.4) is 0 Å². The monoisotopic (exact) mass is 374 g/mol. The van der Waals surface area contributed by atoms with Gasteiger partial charge in [0.05, 0.1) is 31.6 Å². The molecule has 1 aliphatic rings. The van der Waals surface area contributed by atoms with Gasteiger partial charge < -0.3 is 14.8 Å². The molecule has 1 aliphatic heterocycles. The van der Waals surface area contributed by atoms with Crippen molar-refractivity contribution in [1.82, 2.24) is 5.32 Å². The molecule has 1 saturated heterocycles. The third-order valence-corrected chi connectivity index (χ3v) is 4.37. The van der Waals surface area contributed by atoms with Crippen LogP contribution in [0.25, 0.3) is 0 Å². The highest BCUT2D eigenvalue weighted by atomic mass is 16.5. The first-order valence-electron chi connectivity index (χ1n) is 8.72. The Bertz CT molecular complexity index is 746. The second-order valence-corrected chi connectivity index (χ2v) is 7.60. The number of hydrogen-bond donors (Lipinski definition) is 1. The Balaban J connectivity index is 2.63. The summed E-state index contributed by atoms with van der Waals surface area (Å²) in [6.45, 7) is 7.67. The Morgan fingerprint density at radius 2 is 1.59 bits per heavy atom. The van der Waals surface area contributed by atoms with Crippen LogP contribution in [0, 0.1) is 18.8 Å². The number of amides is 1. The minimum Gasteiger partial charge on any atom is -0.468 e. The molecule has 1 aromatic carbocycles. The molecule has 0 saturated carbocycles. The van der Waals surface area contributed by atoms with Crippen molar-refractivity contribution in [2.45, 2.75) is 39.2 Å². The van der Waals surface area contributed by atoms with Crippen molar-refractivity contribution in [1.29, 1.82) is 0 Å². The van der Waals surface area contributed by atoms with Gasteiger partial charge in [-0.05, 0) is 33.3 Å². The molecular formula is C20H26N2O5. The minimum atomic E-state index is -1.38. The van der Waals surface area contributed by atoms with Crippen molar-refractivity contribution in [3.63, 3.8) is 0 Å². The number of ether oxygens (including phenoxy) is 2. The summed E-state index contributed by atoms with van der Waals surface area (Å²) in [7, 11) is 2.35. The predicted octanol–water partition coefficient (Wildman–Crippen LogP) is 1.98. The van der Waals surface area contributed by atoms with Gasteiger partial charge in [0.2, 0.25) is 5.91 Å². The molecule has 0 radical (unpaired) electrons. The van der Waals surface area contributed by atoms with Crippen molar-refractivity contribution in [2.75, 3.05) is 14.2 Å². The number of amidine groups is 1. The lowest BCUT2D eigenvalue weighted by Crippen LogP contribution is -2.39. The molecule has 0 aromatic heterocycles. The number of nitrogens with zero attached hydrogens (tertiary/aromatic N) is 1. The van der Waals surface area contributed by atoms with Gasteiger partial charge in [-0.1, -0.05) is 29.8 Å². The Morgan fingerprint density at radius 1 is 1.07 bits per heavy atom. The number of hydrogen-bond acceptors (Lipinski definition) is 6. The number of nitrogens with one attached hydrogen (secondary N) is 1.